The summed E-state index contributed by atoms with van der Waals surface area (Å²) in [5, 5.41) is 6.45. The van der Waals surface area contributed by atoms with E-state index in [1.54, 1.807) is 29.3 Å². The zero-order valence-corrected chi connectivity index (χ0v) is 17.8. The molecular formula is C20H19ClN6O3S. The molecule has 160 valence electrons. The Hall–Kier alpha value is -3.11. The standard InChI is InChI=1S/C20H19ClN6O3S/c21-18-24-8-11(31-18)7-23-17(28)16-6-10-5-15(10)27(16)20(30)25-13-9-26(19(22)29)14-4-2-1-3-12(13)14/h1-4,8-10,15-16H,5-7H2,(H2,22,29)(H,23,28)(H,25,30)/t10?,15-,16+/m1/s1. The minimum absolute atomic E-state index is 0.0538. The highest BCUT2D eigenvalue weighted by atomic mass is 35.5. The normalized spacial score (nSPS) is 21.7. The lowest BCUT2D eigenvalue weighted by Crippen LogP contribution is -2.49. The zero-order valence-electron chi connectivity index (χ0n) is 16.2. The third-order valence-electron chi connectivity index (χ3n) is 5.79. The van der Waals surface area contributed by atoms with Gasteiger partial charge in [-0.1, -0.05) is 29.8 Å². The van der Waals surface area contributed by atoms with Gasteiger partial charge in [-0.25, -0.2) is 14.6 Å². The number of anilines is 1. The number of hydrogen-bond acceptors (Lipinski definition) is 5. The Morgan fingerprint density at radius 3 is 2.81 bits per heavy atom. The molecule has 1 unspecified atom stereocenters. The molecule has 0 bridgehead atoms. The van der Waals surface area contributed by atoms with Crippen LogP contribution in [-0.2, 0) is 11.3 Å². The third kappa shape index (κ3) is 3.61. The van der Waals surface area contributed by atoms with E-state index in [4.69, 9.17) is 17.3 Å². The number of thiazole rings is 1. The summed E-state index contributed by atoms with van der Waals surface area (Å²) in [7, 11) is 0. The van der Waals surface area contributed by atoms with E-state index in [0.717, 1.165) is 11.3 Å². The molecular weight excluding hydrogens is 440 g/mol. The van der Waals surface area contributed by atoms with Crippen LogP contribution in [0.1, 0.15) is 17.7 Å². The fourth-order valence-corrected chi connectivity index (χ4v) is 5.20. The summed E-state index contributed by atoms with van der Waals surface area (Å²) in [4.78, 5) is 44.2. The fourth-order valence-electron chi connectivity index (χ4n) is 4.28. The summed E-state index contributed by atoms with van der Waals surface area (Å²) in [5.74, 6) is 0.137. The second-order valence-corrected chi connectivity index (χ2v) is 9.41. The van der Waals surface area contributed by atoms with Crippen LogP contribution in [0, 0.1) is 5.92 Å². The molecule has 1 aromatic carbocycles. The molecule has 0 spiro atoms. The van der Waals surface area contributed by atoms with Crippen LogP contribution in [0.4, 0.5) is 15.3 Å². The molecule has 1 aliphatic carbocycles. The summed E-state index contributed by atoms with van der Waals surface area (Å²) >= 11 is 7.14. The number of carbonyl (C=O) groups is 3. The molecule has 3 atom stereocenters. The summed E-state index contributed by atoms with van der Waals surface area (Å²) in [5.41, 5.74) is 6.53. The van der Waals surface area contributed by atoms with Crippen molar-refractivity contribution in [3.05, 3.63) is 46.0 Å². The number of nitrogens with one attached hydrogen (secondary N) is 2. The monoisotopic (exact) mass is 458 g/mol. The summed E-state index contributed by atoms with van der Waals surface area (Å²) in [6, 6.07) is 5.68. The van der Waals surface area contributed by atoms with Crippen molar-refractivity contribution in [3.63, 3.8) is 0 Å². The Labute approximate surface area is 186 Å². The number of hydrogen-bond donors (Lipinski definition) is 3. The number of benzene rings is 1. The van der Waals surface area contributed by atoms with Gasteiger partial charge in [0.05, 0.1) is 17.7 Å². The van der Waals surface area contributed by atoms with E-state index in [1.165, 1.54) is 22.1 Å². The lowest BCUT2D eigenvalue weighted by Gasteiger charge is -2.26. The molecule has 11 heteroatoms. The Kier molecular flexibility index (Phi) is 4.82. The number of para-hydroxylation sites is 1. The number of piperidine rings is 1. The van der Waals surface area contributed by atoms with Gasteiger partial charge in [0.15, 0.2) is 4.47 Å². The second kappa shape index (κ2) is 7.54. The number of primary amides is 1. The Morgan fingerprint density at radius 2 is 2.06 bits per heavy atom. The van der Waals surface area contributed by atoms with Gasteiger partial charge in [0.1, 0.15) is 6.04 Å². The average molecular weight is 459 g/mol. The van der Waals surface area contributed by atoms with Crippen molar-refractivity contribution in [1.29, 1.82) is 0 Å². The molecule has 0 radical (unpaired) electrons. The van der Waals surface area contributed by atoms with Crippen molar-refractivity contribution in [2.24, 2.45) is 11.7 Å². The number of likely N-dealkylation sites (tertiary alicyclic amines) is 1. The number of nitrogens with two attached hydrogens (primary N) is 1. The second-order valence-electron chi connectivity index (χ2n) is 7.72. The van der Waals surface area contributed by atoms with E-state index in [9.17, 15) is 14.4 Å². The van der Waals surface area contributed by atoms with E-state index in [-0.39, 0.29) is 18.0 Å². The molecule has 2 aromatic heterocycles. The van der Waals surface area contributed by atoms with Gasteiger partial charge >= 0.3 is 12.1 Å². The van der Waals surface area contributed by atoms with Crippen LogP contribution >= 0.6 is 22.9 Å². The highest BCUT2D eigenvalue weighted by molar-refractivity contribution is 7.15. The quantitative estimate of drug-likeness (QED) is 0.556. The fraction of sp³-hybridized carbons (Fsp3) is 0.300. The van der Waals surface area contributed by atoms with Crippen LogP contribution in [0.3, 0.4) is 0 Å². The summed E-state index contributed by atoms with van der Waals surface area (Å²) < 4.78 is 1.71. The van der Waals surface area contributed by atoms with E-state index in [2.05, 4.69) is 15.6 Å². The molecule has 5 rings (SSSR count). The first-order valence-corrected chi connectivity index (χ1v) is 11.0. The van der Waals surface area contributed by atoms with E-state index in [0.29, 0.717) is 39.9 Å². The van der Waals surface area contributed by atoms with E-state index >= 15 is 0 Å². The van der Waals surface area contributed by atoms with Crippen molar-refractivity contribution < 1.29 is 14.4 Å². The van der Waals surface area contributed by atoms with Gasteiger partial charge in [0.25, 0.3) is 0 Å². The molecule has 1 saturated carbocycles. The van der Waals surface area contributed by atoms with Crippen molar-refractivity contribution in [2.75, 3.05) is 5.32 Å². The van der Waals surface area contributed by atoms with Gasteiger partial charge in [-0.05, 0) is 24.8 Å². The molecule has 31 heavy (non-hydrogen) atoms. The van der Waals surface area contributed by atoms with E-state index in [1.807, 2.05) is 6.07 Å². The maximum absolute atomic E-state index is 13.2. The molecule has 2 fully saturated rings. The van der Waals surface area contributed by atoms with E-state index < -0.39 is 12.1 Å². The highest BCUT2D eigenvalue weighted by Gasteiger charge is 2.56. The Morgan fingerprint density at radius 1 is 1.26 bits per heavy atom. The predicted octanol–water partition coefficient (Wildman–Crippen LogP) is 2.99. The van der Waals surface area contributed by atoms with Crippen molar-refractivity contribution in [3.8, 4) is 0 Å². The van der Waals surface area contributed by atoms with Crippen molar-refractivity contribution >= 4 is 57.5 Å². The average Bonchev–Trinajstić information content (AvgIpc) is 3.08. The molecule has 1 aliphatic heterocycles. The number of rotatable bonds is 4. The highest BCUT2D eigenvalue weighted by Crippen LogP contribution is 2.48. The lowest BCUT2D eigenvalue weighted by atomic mass is 10.1. The van der Waals surface area contributed by atoms with Gasteiger partial charge in [0.2, 0.25) is 5.91 Å². The topological polar surface area (TPSA) is 122 Å². The number of amides is 4. The lowest BCUT2D eigenvalue weighted by molar-refractivity contribution is -0.125. The van der Waals surface area contributed by atoms with Gasteiger partial charge in [-0.15, -0.1) is 11.3 Å². The maximum Gasteiger partial charge on any atom is 0.323 e. The van der Waals surface area contributed by atoms with Crippen molar-refractivity contribution in [1.82, 2.24) is 19.8 Å². The zero-order chi connectivity index (χ0) is 21.7. The minimum atomic E-state index is -0.638. The maximum atomic E-state index is 13.2. The smallest absolute Gasteiger partial charge is 0.323 e. The molecule has 3 heterocycles. The number of aromatic nitrogens is 2. The number of urea groups is 1. The number of fused-ring (bicyclic) bond motifs is 2. The third-order valence-corrected chi connectivity index (χ3v) is 6.91. The molecule has 4 N–H and O–H groups in total. The molecule has 1 saturated heterocycles. The minimum Gasteiger partial charge on any atom is -0.351 e. The number of carbonyl (C=O) groups excluding carboxylic acids is 3. The Balaban J connectivity index is 1.33. The number of halogens is 1. The van der Waals surface area contributed by atoms with Crippen LogP contribution in [-0.4, -0.2) is 44.5 Å². The first kappa shape index (κ1) is 19.8. The molecule has 2 aliphatic rings. The van der Waals surface area contributed by atoms with Gasteiger partial charge in [-0.3, -0.25) is 9.36 Å². The predicted molar refractivity (Wildman–Crippen MR) is 117 cm³/mol. The largest absolute Gasteiger partial charge is 0.351 e. The van der Waals surface area contributed by atoms with Gasteiger partial charge < -0.3 is 21.3 Å². The van der Waals surface area contributed by atoms with Crippen LogP contribution in [0.15, 0.2) is 36.7 Å². The van der Waals surface area contributed by atoms with Crippen LogP contribution in [0.2, 0.25) is 4.47 Å². The van der Waals surface area contributed by atoms with Crippen LogP contribution in [0.25, 0.3) is 10.9 Å². The SMILES string of the molecule is NC(=O)n1cc(NC(=O)N2[C@@H]3CC3C[C@H]2C(=O)NCc2cnc(Cl)s2)c2ccccc21. The summed E-state index contributed by atoms with van der Waals surface area (Å²) in [6.07, 6.45) is 4.66. The first-order valence-electron chi connectivity index (χ1n) is 9.79. The van der Waals surface area contributed by atoms with Crippen molar-refractivity contribution in [2.45, 2.75) is 31.5 Å². The van der Waals surface area contributed by atoms with Crippen LogP contribution in [0.5, 0.6) is 0 Å². The van der Waals surface area contributed by atoms with Gasteiger partial charge in [0, 0.05) is 28.7 Å². The summed E-state index contributed by atoms with van der Waals surface area (Å²) in [6.45, 7) is 0.316. The molecule has 3 aromatic rings. The first-order chi connectivity index (χ1) is 14.9. The number of nitrogens with zero attached hydrogens (tertiary/aromatic N) is 3. The van der Waals surface area contributed by atoms with Gasteiger partial charge in [-0.2, -0.15) is 0 Å². The molecule has 9 nitrogen and oxygen atoms in total. The molecule has 4 amide bonds. The Bertz CT molecular complexity index is 1210. The van der Waals surface area contributed by atoms with Crippen LogP contribution < -0.4 is 16.4 Å².